The normalized spacial score (nSPS) is 13.8. The fraction of sp³-hybridized carbons (Fsp3) is 0.917. The minimum Gasteiger partial charge on any atom is -0.465 e. The molecule has 16 heavy (non-hydrogen) atoms. The number of rotatable bonds is 8. The van der Waals surface area contributed by atoms with Crippen molar-refractivity contribution >= 4 is 18.4 Å². The topological polar surface area (TPSA) is 52.3 Å². The number of unbranched alkanes of at least 4 members (excludes halogenated alkanes) is 3. The first-order valence-corrected chi connectivity index (χ1v) is 6.05. The lowest BCUT2D eigenvalue weighted by Gasteiger charge is -2.16. The molecule has 0 unspecified atom stereocenters. The summed E-state index contributed by atoms with van der Waals surface area (Å²) in [6.07, 6.45) is 5.39. The van der Waals surface area contributed by atoms with E-state index in [9.17, 15) is 4.79 Å². The SMILES string of the molecule is CCCCCCOC(=O)[C@@H](N)[C@@H](C)CC.Cl. The summed E-state index contributed by atoms with van der Waals surface area (Å²) in [6, 6.07) is -0.457. The molecule has 0 aromatic rings. The minimum absolute atomic E-state index is 0. The van der Waals surface area contributed by atoms with Gasteiger partial charge >= 0.3 is 5.97 Å². The lowest BCUT2D eigenvalue weighted by molar-refractivity contribution is -0.146. The smallest absolute Gasteiger partial charge is 0.323 e. The first kappa shape index (κ1) is 18.1. The summed E-state index contributed by atoms with van der Waals surface area (Å²) < 4.78 is 5.11. The van der Waals surface area contributed by atoms with Gasteiger partial charge in [-0.25, -0.2) is 0 Å². The van der Waals surface area contributed by atoms with Crippen LogP contribution in [0.1, 0.15) is 52.9 Å². The second kappa shape index (κ2) is 11.2. The summed E-state index contributed by atoms with van der Waals surface area (Å²) in [5.74, 6) is -0.0472. The molecule has 0 radical (unpaired) electrons. The molecule has 98 valence electrons. The first-order chi connectivity index (χ1) is 7.13. The standard InChI is InChI=1S/C12H25NO2.ClH/c1-4-6-7-8-9-15-12(14)11(13)10(3)5-2;/h10-11H,4-9,13H2,1-3H3;1H/t10-,11-;/m0./s1. The summed E-state index contributed by atoms with van der Waals surface area (Å²) in [6.45, 7) is 6.68. The van der Waals surface area contributed by atoms with Gasteiger partial charge in [-0.15, -0.1) is 12.4 Å². The van der Waals surface area contributed by atoms with E-state index in [1.807, 2.05) is 13.8 Å². The van der Waals surface area contributed by atoms with Crippen molar-refractivity contribution in [2.45, 2.75) is 58.9 Å². The van der Waals surface area contributed by atoms with Crippen LogP contribution in [0.5, 0.6) is 0 Å². The minimum atomic E-state index is -0.457. The number of nitrogens with two attached hydrogens (primary N) is 1. The van der Waals surface area contributed by atoms with Crippen molar-refractivity contribution in [1.29, 1.82) is 0 Å². The summed E-state index contributed by atoms with van der Waals surface area (Å²) in [4.78, 5) is 11.4. The molecule has 0 aromatic carbocycles. The van der Waals surface area contributed by atoms with Gasteiger partial charge in [0.05, 0.1) is 6.61 Å². The van der Waals surface area contributed by atoms with E-state index < -0.39 is 6.04 Å². The van der Waals surface area contributed by atoms with Gasteiger partial charge in [0.15, 0.2) is 0 Å². The highest BCUT2D eigenvalue weighted by Crippen LogP contribution is 2.07. The van der Waals surface area contributed by atoms with Crippen molar-refractivity contribution in [3.63, 3.8) is 0 Å². The third kappa shape index (κ3) is 7.94. The van der Waals surface area contributed by atoms with Gasteiger partial charge in [-0.05, 0) is 12.3 Å². The van der Waals surface area contributed by atoms with Crippen molar-refractivity contribution in [1.82, 2.24) is 0 Å². The van der Waals surface area contributed by atoms with E-state index in [1.54, 1.807) is 0 Å². The molecule has 0 saturated heterocycles. The van der Waals surface area contributed by atoms with Gasteiger partial charge < -0.3 is 10.5 Å². The highest BCUT2D eigenvalue weighted by molar-refractivity contribution is 5.85. The average Bonchev–Trinajstić information content (AvgIpc) is 2.26. The average molecular weight is 252 g/mol. The third-order valence-corrected chi connectivity index (χ3v) is 2.77. The van der Waals surface area contributed by atoms with Crippen molar-refractivity contribution in [2.75, 3.05) is 6.61 Å². The Labute approximate surface area is 106 Å². The number of hydrogen-bond acceptors (Lipinski definition) is 3. The number of esters is 1. The highest BCUT2D eigenvalue weighted by atomic mass is 35.5. The van der Waals surface area contributed by atoms with E-state index in [1.165, 1.54) is 12.8 Å². The quantitative estimate of drug-likeness (QED) is 0.533. The van der Waals surface area contributed by atoms with Crippen LogP contribution in [0.25, 0.3) is 0 Å². The van der Waals surface area contributed by atoms with Crippen LogP contribution in [0.15, 0.2) is 0 Å². The fourth-order valence-electron chi connectivity index (χ4n) is 1.28. The van der Waals surface area contributed by atoms with Crippen LogP contribution in [-0.4, -0.2) is 18.6 Å². The molecule has 2 atom stereocenters. The Hall–Kier alpha value is -0.280. The predicted molar refractivity (Wildman–Crippen MR) is 69.8 cm³/mol. The van der Waals surface area contributed by atoms with Gasteiger partial charge in [-0.1, -0.05) is 46.5 Å². The van der Waals surface area contributed by atoms with Crippen LogP contribution in [0.4, 0.5) is 0 Å². The molecule has 3 nitrogen and oxygen atoms in total. The maximum atomic E-state index is 11.4. The van der Waals surface area contributed by atoms with Gasteiger partial charge in [0.1, 0.15) is 6.04 Å². The fourth-order valence-corrected chi connectivity index (χ4v) is 1.28. The molecule has 0 aliphatic carbocycles. The Morgan fingerprint density at radius 3 is 2.38 bits per heavy atom. The van der Waals surface area contributed by atoms with Gasteiger partial charge in [-0.3, -0.25) is 4.79 Å². The summed E-state index contributed by atoms with van der Waals surface area (Å²) in [7, 11) is 0. The molecular formula is C12H26ClNO2. The van der Waals surface area contributed by atoms with Crippen LogP contribution in [0.2, 0.25) is 0 Å². The second-order valence-electron chi connectivity index (χ2n) is 4.14. The van der Waals surface area contributed by atoms with Crippen molar-refractivity contribution in [3.8, 4) is 0 Å². The van der Waals surface area contributed by atoms with E-state index in [-0.39, 0.29) is 24.3 Å². The molecule has 0 fully saturated rings. The lowest BCUT2D eigenvalue weighted by Crippen LogP contribution is -2.38. The summed E-state index contributed by atoms with van der Waals surface area (Å²) in [5.41, 5.74) is 5.74. The van der Waals surface area contributed by atoms with Crippen molar-refractivity contribution in [2.24, 2.45) is 11.7 Å². The van der Waals surface area contributed by atoms with E-state index in [0.717, 1.165) is 19.3 Å². The second-order valence-corrected chi connectivity index (χ2v) is 4.14. The Balaban J connectivity index is 0. The lowest BCUT2D eigenvalue weighted by atomic mass is 10.0. The first-order valence-electron chi connectivity index (χ1n) is 6.05. The molecule has 0 heterocycles. The highest BCUT2D eigenvalue weighted by Gasteiger charge is 2.20. The van der Waals surface area contributed by atoms with Crippen LogP contribution >= 0.6 is 12.4 Å². The van der Waals surface area contributed by atoms with Crippen LogP contribution < -0.4 is 5.73 Å². The number of ether oxygens (including phenoxy) is 1. The molecular weight excluding hydrogens is 226 g/mol. The molecule has 0 rings (SSSR count). The third-order valence-electron chi connectivity index (χ3n) is 2.77. The van der Waals surface area contributed by atoms with Gasteiger partial charge in [0.25, 0.3) is 0 Å². The number of carbonyl (C=O) groups is 1. The molecule has 2 N–H and O–H groups in total. The molecule has 4 heteroatoms. The molecule has 0 aromatic heterocycles. The zero-order chi connectivity index (χ0) is 11.7. The molecule has 0 aliphatic rings. The largest absolute Gasteiger partial charge is 0.465 e. The van der Waals surface area contributed by atoms with Gasteiger partial charge in [0, 0.05) is 0 Å². The molecule has 0 saturated carbocycles. The van der Waals surface area contributed by atoms with E-state index in [2.05, 4.69) is 6.92 Å². The van der Waals surface area contributed by atoms with Crippen molar-refractivity contribution < 1.29 is 9.53 Å². The maximum Gasteiger partial charge on any atom is 0.323 e. The number of carbonyl (C=O) groups excluding carboxylic acids is 1. The zero-order valence-electron chi connectivity index (χ0n) is 10.7. The van der Waals surface area contributed by atoms with E-state index in [0.29, 0.717) is 6.61 Å². The molecule has 0 amide bonds. The van der Waals surface area contributed by atoms with Gasteiger partial charge in [-0.2, -0.15) is 0 Å². The van der Waals surface area contributed by atoms with E-state index in [4.69, 9.17) is 10.5 Å². The number of halogens is 1. The Kier molecular flexibility index (Phi) is 12.7. The predicted octanol–water partition coefficient (Wildman–Crippen LogP) is 2.91. The van der Waals surface area contributed by atoms with Crippen molar-refractivity contribution in [3.05, 3.63) is 0 Å². The van der Waals surface area contributed by atoms with Crippen LogP contribution in [0.3, 0.4) is 0 Å². The zero-order valence-corrected chi connectivity index (χ0v) is 11.5. The number of hydrogen-bond donors (Lipinski definition) is 1. The Morgan fingerprint density at radius 2 is 1.88 bits per heavy atom. The van der Waals surface area contributed by atoms with E-state index >= 15 is 0 Å². The maximum absolute atomic E-state index is 11.4. The summed E-state index contributed by atoms with van der Waals surface area (Å²) in [5, 5.41) is 0. The Bertz CT molecular complexity index is 176. The van der Waals surface area contributed by atoms with Crippen LogP contribution in [0, 0.1) is 5.92 Å². The molecule has 0 aliphatic heterocycles. The monoisotopic (exact) mass is 251 g/mol. The molecule has 0 bridgehead atoms. The van der Waals surface area contributed by atoms with Crippen LogP contribution in [-0.2, 0) is 9.53 Å². The summed E-state index contributed by atoms with van der Waals surface area (Å²) >= 11 is 0. The Morgan fingerprint density at radius 1 is 1.25 bits per heavy atom. The molecule has 0 spiro atoms. The van der Waals surface area contributed by atoms with Gasteiger partial charge in [0.2, 0.25) is 0 Å².